The van der Waals surface area contributed by atoms with Crippen molar-refractivity contribution in [2.75, 3.05) is 13.7 Å². The molecule has 0 spiro atoms. The van der Waals surface area contributed by atoms with Crippen LogP contribution in [0.1, 0.15) is 38.0 Å². The zero-order valence-corrected chi connectivity index (χ0v) is 16.4. The normalized spacial score (nSPS) is 10.6. The SMILES string of the molecule is CCOC(=O)c1cnc2c(SC(=O)c3ccc(C(=O)OC)cc3)cccn2c1=O. The summed E-state index contributed by atoms with van der Waals surface area (Å²) in [7, 11) is 1.28. The number of hydrogen-bond acceptors (Lipinski definition) is 8. The minimum absolute atomic E-state index is 0.139. The van der Waals surface area contributed by atoms with Crippen LogP contribution in [0.2, 0.25) is 0 Å². The molecule has 1 aromatic carbocycles. The van der Waals surface area contributed by atoms with Gasteiger partial charge in [0.1, 0.15) is 5.56 Å². The van der Waals surface area contributed by atoms with Crippen LogP contribution in [0.3, 0.4) is 0 Å². The summed E-state index contributed by atoms with van der Waals surface area (Å²) < 4.78 is 10.7. The molecule has 148 valence electrons. The predicted molar refractivity (Wildman–Crippen MR) is 105 cm³/mol. The smallest absolute Gasteiger partial charge is 0.345 e. The number of benzene rings is 1. The maximum absolute atomic E-state index is 12.6. The predicted octanol–water partition coefficient (Wildman–Crippen LogP) is 2.59. The quantitative estimate of drug-likeness (QED) is 0.465. The van der Waals surface area contributed by atoms with Gasteiger partial charge in [-0.1, -0.05) is 0 Å². The highest BCUT2D eigenvalue weighted by molar-refractivity contribution is 8.14. The van der Waals surface area contributed by atoms with Crippen molar-refractivity contribution >= 4 is 34.5 Å². The molecule has 3 rings (SSSR count). The summed E-state index contributed by atoms with van der Waals surface area (Å²) in [5, 5.41) is -0.293. The van der Waals surface area contributed by atoms with Gasteiger partial charge in [-0.05, 0) is 55.1 Å². The number of aromatic nitrogens is 2. The number of carbonyl (C=O) groups excluding carboxylic acids is 3. The Morgan fingerprint density at radius 1 is 1.07 bits per heavy atom. The van der Waals surface area contributed by atoms with Gasteiger partial charge in [-0.25, -0.2) is 14.6 Å². The number of ether oxygens (including phenoxy) is 2. The van der Waals surface area contributed by atoms with Crippen LogP contribution < -0.4 is 5.56 Å². The summed E-state index contributed by atoms with van der Waals surface area (Å²) in [6.07, 6.45) is 2.61. The minimum Gasteiger partial charge on any atom is -0.465 e. The number of pyridine rings is 1. The molecule has 0 saturated heterocycles. The van der Waals surface area contributed by atoms with Gasteiger partial charge in [0, 0.05) is 18.0 Å². The van der Waals surface area contributed by atoms with Crippen LogP contribution in [-0.4, -0.2) is 40.2 Å². The summed E-state index contributed by atoms with van der Waals surface area (Å²) in [5.74, 6) is -1.24. The third-order valence-corrected chi connectivity index (χ3v) is 4.90. The molecule has 29 heavy (non-hydrogen) atoms. The van der Waals surface area contributed by atoms with Crippen molar-refractivity contribution < 1.29 is 23.9 Å². The fourth-order valence-corrected chi connectivity index (χ4v) is 3.37. The van der Waals surface area contributed by atoms with E-state index in [2.05, 4.69) is 9.72 Å². The summed E-state index contributed by atoms with van der Waals surface area (Å²) in [6.45, 7) is 1.78. The van der Waals surface area contributed by atoms with E-state index in [1.807, 2.05) is 0 Å². The minimum atomic E-state index is -0.751. The lowest BCUT2D eigenvalue weighted by Gasteiger charge is -2.08. The van der Waals surface area contributed by atoms with Crippen LogP contribution in [0.15, 0.2) is 58.5 Å². The van der Waals surface area contributed by atoms with Gasteiger partial charge in [-0.3, -0.25) is 14.0 Å². The molecule has 0 aliphatic carbocycles. The number of rotatable bonds is 5. The first-order chi connectivity index (χ1) is 14.0. The molecule has 0 amide bonds. The Hall–Kier alpha value is -3.46. The third kappa shape index (κ3) is 4.19. The van der Waals surface area contributed by atoms with Gasteiger partial charge in [0.2, 0.25) is 5.12 Å². The van der Waals surface area contributed by atoms with E-state index in [9.17, 15) is 19.2 Å². The molecule has 2 heterocycles. The molecule has 0 aliphatic rings. The van der Waals surface area contributed by atoms with Gasteiger partial charge in [0.05, 0.1) is 24.2 Å². The highest BCUT2D eigenvalue weighted by atomic mass is 32.2. The number of fused-ring (bicyclic) bond motifs is 1. The number of thioether (sulfide) groups is 1. The Balaban J connectivity index is 1.91. The standard InChI is InChI=1S/C20H16N2O6S/c1-3-28-19(25)14-11-21-16-15(5-4-10-22(16)17(14)23)29-20(26)13-8-6-12(7-9-13)18(24)27-2/h4-11H,3H2,1-2H3. The van der Waals surface area contributed by atoms with Crippen LogP contribution >= 0.6 is 11.8 Å². The van der Waals surface area contributed by atoms with Crippen LogP contribution in [0.25, 0.3) is 5.65 Å². The zero-order valence-electron chi connectivity index (χ0n) is 15.6. The first kappa shape index (κ1) is 20.3. The maximum atomic E-state index is 12.6. The lowest BCUT2D eigenvalue weighted by molar-refractivity contribution is 0.0522. The molecule has 2 aromatic heterocycles. The van der Waals surface area contributed by atoms with Crippen LogP contribution in [0.5, 0.6) is 0 Å². The average Bonchev–Trinajstić information content (AvgIpc) is 2.74. The summed E-state index contributed by atoms with van der Waals surface area (Å²) in [6, 6.07) is 9.27. The van der Waals surface area contributed by atoms with Gasteiger partial charge in [0.25, 0.3) is 5.56 Å². The van der Waals surface area contributed by atoms with Gasteiger partial charge >= 0.3 is 11.9 Å². The van der Waals surface area contributed by atoms with Crippen molar-refractivity contribution in [3.63, 3.8) is 0 Å². The molecule has 0 fully saturated rings. The molecule has 9 heteroatoms. The Kier molecular flexibility index (Phi) is 6.08. The molecule has 8 nitrogen and oxygen atoms in total. The largest absolute Gasteiger partial charge is 0.465 e. The average molecular weight is 412 g/mol. The van der Waals surface area contributed by atoms with Crippen LogP contribution in [0.4, 0.5) is 0 Å². The van der Waals surface area contributed by atoms with Gasteiger partial charge in [0.15, 0.2) is 5.65 Å². The molecule has 0 unspecified atom stereocenters. The summed E-state index contributed by atoms with van der Waals surface area (Å²) >= 11 is 0.886. The molecule has 0 atom stereocenters. The summed E-state index contributed by atoms with van der Waals surface area (Å²) in [5.41, 5.74) is 0.186. The number of methoxy groups -OCH3 is 1. The van der Waals surface area contributed by atoms with Crippen molar-refractivity contribution in [1.29, 1.82) is 0 Å². The maximum Gasteiger partial charge on any atom is 0.345 e. The van der Waals surface area contributed by atoms with E-state index in [1.54, 1.807) is 19.1 Å². The highest BCUT2D eigenvalue weighted by Gasteiger charge is 2.17. The van der Waals surface area contributed by atoms with Crippen molar-refractivity contribution in [2.45, 2.75) is 11.8 Å². The van der Waals surface area contributed by atoms with E-state index < -0.39 is 17.5 Å². The van der Waals surface area contributed by atoms with Gasteiger partial charge < -0.3 is 9.47 Å². The van der Waals surface area contributed by atoms with Crippen molar-refractivity contribution in [2.24, 2.45) is 0 Å². The molecule has 0 bridgehead atoms. The Labute approximate surface area is 169 Å². The van der Waals surface area contributed by atoms with E-state index >= 15 is 0 Å². The highest BCUT2D eigenvalue weighted by Crippen LogP contribution is 2.26. The van der Waals surface area contributed by atoms with E-state index in [-0.39, 0.29) is 22.9 Å². The Morgan fingerprint density at radius 2 is 1.76 bits per heavy atom. The van der Waals surface area contributed by atoms with E-state index in [4.69, 9.17) is 4.74 Å². The molecule has 0 saturated carbocycles. The fraction of sp³-hybridized carbons (Fsp3) is 0.150. The zero-order chi connectivity index (χ0) is 21.0. The number of esters is 2. The van der Waals surface area contributed by atoms with Gasteiger partial charge in [-0.15, -0.1) is 0 Å². The monoisotopic (exact) mass is 412 g/mol. The van der Waals surface area contributed by atoms with E-state index in [1.165, 1.54) is 42.0 Å². The third-order valence-electron chi connectivity index (χ3n) is 3.94. The first-order valence-corrected chi connectivity index (χ1v) is 9.36. The Bertz CT molecular complexity index is 1150. The lowest BCUT2D eigenvalue weighted by Crippen LogP contribution is -2.24. The second kappa shape index (κ2) is 8.70. The van der Waals surface area contributed by atoms with Crippen molar-refractivity contribution in [1.82, 2.24) is 9.38 Å². The van der Waals surface area contributed by atoms with Gasteiger partial charge in [-0.2, -0.15) is 0 Å². The van der Waals surface area contributed by atoms with E-state index in [0.717, 1.165) is 18.0 Å². The molecular weight excluding hydrogens is 396 g/mol. The fourth-order valence-electron chi connectivity index (χ4n) is 2.53. The van der Waals surface area contributed by atoms with Crippen LogP contribution in [-0.2, 0) is 9.47 Å². The van der Waals surface area contributed by atoms with Crippen molar-refractivity contribution in [3.8, 4) is 0 Å². The molecule has 0 N–H and O–H groups in total. The molecule has 3 aromatic rings. The second-order valence-electron chi connectivity index (χ2n) is 5.72. The van der Waals surface area contributed by atoms with E-state index in [0.29, 0.717) is 16.0 Å². The molecule has 0 radical (unpaired) electrons. The Morgan fingerprint density at radius 3 is 2.41 bits per heavy atom. The second-order valence-corrected chi connectivity index (χ2v) is 6.74. The number of carbonyl (C=O) groups is 3. The molecule has 0 aliphatic heterocycles. The summed E-state index contributed by atoms with van der Waals surface area (Å²) in [4.78, 5) is 53.2. The lowest BCUT2D eigenvalue weighted by atomic mass is 10.1. The number of hydrogen-bond donors (Lipinski definition) is 0. The topological polar surface area (TPSA) is 104 Å². The first-order valence-electron chi connectivity index (χ1n) is 8.54. The number of nitrogens with zero attached hydrogens (tertiary/aromatic N) is 2. The van der Waals surface area contributed by atoms with Crippen molar-refractivity contribution in [3.05, 3.63) is 75.8 Å². The van der Waals surface area contributed by atoms with Crippen LogP contribution in [0, 0.1) is 0 Å². The molecular formula is C20H16N2O6S.